The number of amides is 1. The summed E-state index contributed by atoms with van der Waals surface area (Å²) in [4.78, 5) is 24.7. The normalized spacial score (nSPS) is 16.0. The molecule has 1 heterocycles. The Labute approximate surface area is 133 Å². The lowest BCUT2D eigenvalue weighted by molar-refractivity contribution is -0.145. The maximum absolute atomic E-state index is 12.1. The lowest BCUT2D eigenvalue weighted by atomic mass is 9.97. The number of aliphatic carboxylic acids is 1. The summed E-state index contributed by atoms with van der Waals surface area (Å²) in [6.45, 7) is 1.11. The van der Waals surface area contributed by atoms with Crippen LogP contribution in [0.4, 0.5) is 0 Å². The van der Waals surface area contributed by atoms with Crippen LogP contribution in [0.3, 0.4) is 0 Å². The van der Waals surface area contributed by atoms with Gasteiger partial charge in [0.15, 0.2) is 0 Å². The van der Waals surface area contributed by atoms with Crippen molar-refractivity contribution in [3.8, 4) is 0 Å². The Morgan fingerprint density at radius 1 is 1.24 bits per heavy atom. The molecule has 0 spiro atoms. The van der Waals surface area contributed by atoms with Crippen LogP contribution >= 0.6 is 23.4 Å². The first-order chi connectivity index (χ1) is 10.1. The van der Waals surface area contributed by atoms with Gasteiger partial charge in [0.1, 0.15) is 0 Å². The Hall–Kier alpha value is -1.20. The maximum Gasteiger partial charge on any atom is 0.306 e. The van der Waals surface area contributed by atoms with Gasteiger partial charge < -0.3 is 10.0 Å². The number of carboxylic acid groups (broad SMARTS) is 1. The van der Waals surface area contributed by atoms with Crippen LogP contribution in [0.15, 0.2) is 24.3 Å². The van der Waals surface area contributed by atoms with Gasteiger partial charge in [0, 0.05) is 23.9 Å². The SMILES string of the molecule is O=C(O)C1CCN(C(=O)CSCc2ccc(Cl)cc2)CC1. The predicted molar refractivity (Wildman–Crippen MR) is 84.6 cm³/mol. The summed E-state index contributed by atoms with van der Waals surface area (Å²) in [5.74, 6) is 0.252. The number of benzene rings is 1. The summed E-state index contributed by atoms with van der Waals surface area (Å²) in [6, 6.07) is 7.60. The van der Waals surface area contributed by atoms with E-state index in [-0.39, 0.29) is 11.8 Å². The fourth-order valence-electron chi connectivity index (χ4n) is 2.30. The smallest absolute Gasteiger partial charge is 0.306 e. The molecule has 6 heteroatoms. The van der Waals surface area contributed by atoms with Crippen molar-refractivity contribution in [3.05, 3.63) is 34.9 Å². The molecular formula is C15H18ClNO3S. The highest BCUT2D eigenvalue weighted by Crippen LogP contribution is 2.20. The van der Waals surface area contributed by atoms with Crippen molar-refractivity contribution < 1.29 is 14.7 Å². The van der Waals surface area contributed by atoms with Crippen molar-refractivity contribution in [1.82, 2.24) is 4.90 Å². The lowest BCUT2D eigenvalue weighted by Gasteiger charge is -2.30. The van der Waals surface area contributed by atoms with Crippen molar-refractivity contribution in [2.24, 2.45) is 5.92 Å². The molecule has 114 valence electrons. The highest BCUT2D eigenvalue weighted by atomic mass is 35.5. The summed E-state index contributed by atoms with van der Waals surface area (Å²) >= 11 is 7.39. The summed E-state index contributed by atoms with van der Waals surface area (Å²) < 4.78 is 0. The van der Waals surface area contributed by atoms with Crippen LogP contribution in [0.25, 0.3) is 0 Å². The molecule has 1 amide bonds. The van der Waals surface area contributed by atoms with Crippen LogP contribution in [0, 0.1) is 5.92 Å². The monoisotopic (exact) mass is 327 g/mol. The fourth-order valence-corrected chi connectivity index (χ4v) is 3.32. The Balaban J connectivity index is 1.70. The number of hydrogen-bond acceptors (Lipinski definition) is 3. The zero-order valence-electron chi connectivity index (χ0n) is 11.6. The molecule has 0 aromatic heterocycles. The summed E-state index contributed by atoms with van der Waals surface area (Å²) in [6.07, 6.45) is 1.12. The minimum Gasteiger partial charge on any atom is -0.481 e. The third-order valence-corrected chi connectivity index (χ3v) is 4.84. The van der Waals surface area contributed by atoms with E-state index in [9.17, 15) is 9.59 Å². The molecule has 1 saturated heterocycles. The van der Waals surface area contributed by atoms with Crippen molar-refractivity contribution >= 4 is 35.2 Å². The quantitative estimate of drug-likeness (QED) is 0.903. The average molecular weight is 328 g/mol. The van der Waals surface area contributed by atoms with Gasteiger partial charge in [-0.1, -0.05) is 23.7 Å². The summed E-state index contributed by atoms with van der Waals surface area (Å²) in [5.41, 5.74) is 1.14. The molecule has 4 nitrogen and oxygen atoms in total. The number of carbonyl (C=O) groups is 2. The van der Waals surface area contributed by atoms with Gasteiger partial charge >= 0.3 is 5.97 Å². The van der Waals surface area contributed by atoms with Gasteiger partial charge in [0.05, 0.1) is 11.7 Å². The highest BCUT2D eigenvalue weighted by Gasteiger charge is 2.26. The standard InChI is InChI=1S/C15H18ClNO3S/c16-13-3-1-11(2-4-13)9-21-10-14(18)17-7-5-12(6-8-17)15(19)20/h1-4,12H,5-10H2,(H,19,20). The minimum absolute atomic E-state index is 0.0952. The van der Waals surface area contributed by atoms with Crippen molar-refractivity contribution in [2.45, 2.75) is 18.6 Å². The minimum atomic E-state index is -0.751. The van der Waals surface area contributed by atoms with E-state index in [1.165, 1.54) is 0 Å². The molecule has 1 fully saturated rings. The van der Waals surface area contributed by atoms with E-state index in [2.05, 4.69) is 0 Å². The third-order valence-electron chi connectivity index (χ3n) is 3.60. The lowest BCUT2D eigenvalue weighted by Crippen LogP contribution is -2.41. The molecule has 0 saturated carbocycles. The number of likely N-dealkylation sites (tertiary alicyclic amines) is 1. The number of piperidine rings is 1. The number of rotatable bonds is 5. The maximum atomic E-state index is 12.1. The molecule has 0 unspecified atom stereocenters. The first kappa shape index (κ1) is 16.2. The van der Waals surface area contributed by atoms with Crippen LogP contribution in [0.1, 0.15) is 18.4 Å². The van der Waals surface area contributed by atoms with E-state index in [1.54, 1.807) is 16.7 Å². The molecular weight excluding hydrogens is 310 g/mol. The van der Waals surface area contributed by atoms with Gasteiger partial charge in [0.25, 0.3) is 0 Å². The second-order valence-corrected chi connectivity index (χ2v) is 6.53. The molecule has 0 atom stereocenters. The Morgan fingerprint density at radius 3 is 2.43 bits per heavy atom. The largest absolute Gasteiger partial charge is 0.481 e. The molecule has 0 radical (unpaired) electrons. The zero-order valence-corrected chi connectivity index (χ0v) is 13.2. The van der Waals surface area contributed by atoms with Gasteiger partial charge in [0.2, 0.25) is 5.91 Å². The third kappa shape index (κ3) is 4.93. The van der Waals surface area contributed by atoms with Gasteiger partial charge in [-0.3, -0.25) is 9.59 Å². The predicted octanol–water partition coefficient (Wildman–Crippen LogP) is 2.90. The van der Waals surface area contributed by atoms with Crippen LogP contribution in [-0.2, 0) is 15.3 Å². The molecule has 21 heavy (non-hydrogen) atoms. The van der Waals surface area contributed by atoms with Gasteiger partial charge in [-0.25, -0.2) is 0 Å². The fraction of sp³-hybridized carbons (Fsp3) is 0.467. The molecule has 0 bridgehead atoms. The van der Waals surface area contributed by atoms with Crippen LogP contribution in [0.2, 0.25) is 5.02 Å². The molecule has 2 rings (SSSR count). The van der Waals surface area contributed by atoms with Crippen molar-refractivity contribution in [3.63, 3.8) is 0 Å². The number of halogens is 1. The second-order valence-electron chi connectivity index (χ2n) is 5.11. The molecule has 1 N–H and O–H groups in total. The Morgan fingerprint density at radius 2 is 1.86 bits per heavy atom. The average Bonchev–Trinajstić information content (AvgIpc) is 2.49. The number of nitrogens with zero attached hydrogens (tertiary/aromatic N) is 1. The van der Waals surface area contributed by atoms with Gasteiger partial charge in [-0.2, -0.15) is 0 Å². The van der Waals surface area contributed by atoms with E-state index in [0.717, 1.165) is 11.3 Å². The van der Waals surface area contributed by atoms with E-state index in [0.29, 0.717) is 36.7 Å². The van der Waals surface area contributed by atoms with E-state index in [4.69, 9.17) is 16.7 Å². The number of carboxylic acids is 1. The Kier molecular flexibility index (Phi) is 5.94. The van der Waals surface area contributed by atoms with Crippen molar-refractivity contribution in [2.75, 3.05) is 18.8 Å². The van der Waals surface area contributed by atoms with Crippen molar-refractivity contribution in [1.29, 1.82) is 0 Å². The number of hydrogen-bond donors (Lipinski definition) is 1. The summed E-state index contributed by atoms with van der Waals surface area (Å²) in [5, 5.41) is 9.64. The number of thioether (sulfide) groups is 1. The van der Waals surface area contributed by atoms with Crippen LogP contribution < -0.4 is 0 Å². The van der Waals surface area contributed by atoms with Gasteiger partial charge in [-0.15, -0.1) is 11.8 Å². The second kappa shape index (κ2) is 7.71. The molecule has 1 aliphatic rings. The first-order valence-corrected chi connectivity index (χ1v) is 8.42. The summed E-state index contributed by atoms with van der Waals surface area (Å²) in [7, 11) is 0. The zero-order chi connectivity index (χ0) is 15.2. The molecule has 1 aliphatic heterocycles. The topological polar surface area (TPSA) is 57.6 Å². The van der Waals surface area contributed by atoms with Crippen LogP contribution in [0.5, 0.6) is 0 Å². The Bertz CT molecular complexity index is 498. The van der Waals surface area contributed by atoms with Crippen LogP contribution in [-0.4, -0.2) is 40.7 Å². The van der Waals surface area contributed by atoms with E-state index < -0.39 is 5.97 Å². The van der Waals surface area contributed by atoms with Gasteiger partial charge in [-0.05, 0) is 30.5 Å². The molecule has 1 aromatic rings. The molecule has 0 aliphatic carbocycles. The number of carbonyl (C=O) groups excluding carboxylic acids is 1. The highest BCUT2D eigenvalue weighted by molar-refractivity contribution is 7.99. The first-order valence-electron chi connectivity index (χ1n) is 6.89. The molecule has 1 aromatic carbocycles. The van der Waals surface area contributed by atoms with E-state index >= 15 is 0 Å². The van der Waals surface area contributed by atoms with E-state index in [1.807, 2.05) is 24.3 Å².